The molecule has 0 bridgehead atoms. The van der Waals surface area contributed by atoms with Crippen LogP contribution in [0.1, 0.15) is 61.6 Å². The Bertz CT molecular complexity index is 1370. The van der Waals surface area contributed by atoms with Gasteiger partial charge in [-0.1, -0.05) is 67.3 Å². The zero-order valence-electron chi connectivity index (χ0n) is 24.8. The van der Waals surface area contributed by atoms with Crippen molar-refractivity contribution in [1.29, 1.82) is 0 Å². The van der Waals surface area contributed by atoms with Crippen molar-refractivity contribution in [3.05, 3.63) is 82.9 Å². The second-order valence-electron chi connectivity index (χ2n) is 13.1. The molecule has 2 saturated heterocycles. The third-order valence-electron chi connectivity index (χ3n) is 10.5. The third kappa shape index (κ3) is 6.53. The molecule has 43 heavy (non-hydrogen) atoms. The Balaban J connectivity index is 1.04. The van der Waals surface area contributed by atoms with Gasteiger partial charge in [0.1, 0.15) is 25.0 Å². The van der Waals surface area contributed by atoms with Gasteiger partial charge < -0.3 is 15.0 Å². The zero-order valence-corrected chi connectivity index (χ0v) is 25.6. The minimum atomic E-state index is -0.357. The van der Waals surface area contributed by atoms with Crippen LogP contribution in [0.3, 0.4) is 0 Å². The Kier molecular flexibility index (Phi) is 8.54. The van der Waals surface area contributed by atoms with Crippen molar-refractivity contribution in [3.63, 3.8) is 0 Å². The summed E-state index contributed by atoms with van der Waals surface area (Å²) >= 11 is 6.18. The van der Waals surface area contributed by atoms with Gasteiger partial charge in [-0.05, 0) is 78.7 Å². The summed E-state index contributed by atoms with van der Waals surface area (Å²) in [5.74, 6) is 0.851. The Hall–Kier alpha value is -2.78. The summed E-state index contributed by atoms with van der Waals surface area (Å²) in [5, 5.41) is 12.5. The quantitative estimate of drug-likeness (QED) is 0.344. The lowest BCUT2D eigenvalue weighted by Crippen LogP contribution is -2.54. The lowest BCUT2D eigenvalue weighted by molar-refractivity contribution is -0.137. The number of hydrogen-bond acceptors (Lipinski definition) is 6. The highest BCUT2D eigenvalue weighted by molar-refractivity contribution is 6.30. The van der Waals surface area contributed by atoms with Crippen LogP contribution in [0.5, 0.6) is 0 Å². The van der Waals surface area contributed by atoms with Crippen molar-refractivity contribution in [2.45, 2.75) is 95.3 Å². The lowest BCUT2D eigenvalue weighted by Gasteiger charge is -2.48. The fraction of sp³-hybridized carbons (Fsp3) is 0.559. The summed E-state index contributed by atoms with van der Waals surface area (Å²) in [7, 11) is 0. The second kappa shape index (κ2) is 12.7. The number of piperidine rings is 1. The Labute approximate surface area is 259 Å². The normalized spacial score (nSPS) is 26.1. The molecule has 4 atom stereocenters. The molecule has 7 rings (SSSR count). The van der Waals surface area contributed by atoms with Crippen LogP contribution in [0, 0.1) is 11.3 Å². The first-order chi connectivity index (χ1) is 21.1. The number of hydrogen-bond donors (Lipinski definition) is 2. The first kappa shape index (κ1) is 29.0. The van der Waals surface area contributed by atoms with E-state index in [-0.39, 0.29) is 35.7 Å². The number of carbonyl (C=O) groups excluding carboxylic acids is 1. The molecule has 2 N–H and O–H groups in total. The number of benzene rings is 2. The van der Waals surface area contributed by atoms with Crippen molar-refractivity contribution in [2.75, 3.05) is 13.1 Å². The highest BCUT2D eigenvalue weighted by atomic mass is 35.5. The van der Waals surface area contributed by atoms with Gasteiger partial charge in [0.15, 0.2) is 0 Å². The van der Waals surface area contributed by atoms with Crippen molar-refractivity contribution in [3.8, 4) is 0 Å². The number of rotatable bonds is 9. The molecule has 0 radical (unpaired) electrons. The maximum Gasteiger partial charge on any atom is 0.240 e. The number of epoxide rings is 1. The van der Waals surface area contributed by atoms with Crippen molar-refractivity contribution in [1.82, 2.24) is 30.3 Å². The molecule has 9 heteroatoms. The molecule has 0 spiro atoms. The number of amides is 1. The molecule has 3 fully saturated rings. The molecule has 3 aromatic rings. The molecular weight excluding hydrogens is 560 g/mol. The van der Waals surface area contributed by atoms with Gasteiger partial charge in [-0.25, -0.2) is 4.98 Å². The van der Waals surface area contributed by atoms with Gasteiger partial charge in [-0.15, -0.1) is 0 Å². The maximum atomic E-state index is 14.2. The summed E-state index contributed by atoms with van der Waals surface area (Å²) in [6.45, 7) is 3.30. The number of halogens is 1. The van der Waals surface area contributed by atoms with Gasteiger partial charge in [-0.3, -0.25) is 14.8 Å². The molecule has 1 aliphatic carbocycles. The number of ether oxygens (including phenoxy) is 1. The van der Waals surface area contributed by atoms with Gasteiger partial charge in [0, 0.05) is 37.2 Å². The standard InChI is InChI=1S/C34H43ClN6O2/c35-28-12-10-24(11-13-28)18-30(39-32-31(43-32)29-19-25-6-4-5-7-26(25)20-37-29)33(42)40-16-14-34(15-17-40,21-41-23-36-22-38-41)27-8-2-1-3-9-27/h4-7,10-13,22-23,27,29-32,37,39H,1-3,8-9,14-21H2/t29-,30-,31?,32?/m1/s1. The number of nitrogens with zero attached hydrogens (tertiary/aromatic N) is 4. The minimum absolute atomic E-state index is 0.0526. The van der Waals surface area contributed by atoms with E-state index in [4.69, 9.17) is 16.3 Å². The van der Waals surface area contributed by atoms with Crippen LogP contribution in [-0.2, 0) is 35.5 Å². The number of likely N-dealkylation sites (tertiary alicyclic amines) is 1. The first-order valence-corrected chi connectivity index (χ1v) is 16.5. The zero-order chi connectivity index (χ0) is 29.2. The summed E-state index contributed by atoms with van der Waals surface area (Å²) in [5.41, 5.74) is 4.00. The fourth-order valence-corrected chi connectivity index (χ4v) is 8.11. The van der Waals surface area contributed by atoms with E-state index in [1.54, 1.807) is 6.33 Å². The van der Waals surface area contributed by atoms with E-state index in [9.17, 15) is 4.79 Å². The smallest absolute Gasteiger partial charge is 0.240 e. The highest BCUT2D eigenvalue weighted by Crippen LogP contribution is 2.47. The number of aromatic nitrogens is 3. The number of fused-ring (bicyclic) bond motifs is 1. The monoisotopic (exact) mass is 602 g/mol. The Morgan fingerprint density at radius 3 is 2.58 bits per heavy atom. The van der Waals surface area contributed by atoms with E-state index < -0.39 is 0 Å². The predicted octanol–water partition coefficient (Wildman–Crippen LogP) is 4.76. The van der Waals surface area contributed by atoms with Crippen LogP contribution in [0.2, 0.25) is 5.02 Å². The molecule has 1 amide bonds. The van der Waals surface area contributed by atoms with E-state index >= 15 is 0 Å². The van der Waals surface area contributed by atoms with Gasteiger partial charge >= 0.3 is 0 Å². The van der Waals surface area contributed by atoms with E-state index in [0.717, 1.165) is 51.0 Å². The largest absolute Gasteiger partial charge is 0.351 e. The molecule has 1 saturated carbocycles. The topological polar surface area (TPSA) is 87.6 Å². The summed E-state index contributed by atoms with van der Waals surface area (Å²) in [6, 6.07) is 16.4. The average molecular weight is 603 g/mol. The molecular formula is C34H43ClN6O2. The minimum Gasteiger partial charge on any atom is -0.351 e. The molecule has 2 aromatic carbocycles. The van der Waals surface area contributed by atoms with Gasteiger partial charge in [0.2, 0.25) is 5.91 Å². The van der Waals surface area contributed by atoms with Crippen LogP contribution in [0.4, 0.5) is 0 Å². The molecule has 4 aliphatic rings. The summed E-state index contributed by atoms with van der Waals surface area (Å²) in [4.78, 5) is 20.5. The van der Waals surface area contributed by atoms with Crippen molar-refractivity contribution < 1.29 is 9.53 Å². The van der Waals surface area contributed by atoms with Crippen molar-refractivity contribution >= 4 is 17.5 Å². The highest BCUT2D eigenvalue weighted by Gasteiger charge is 2.48. The molecule has 228 valence electrons. The SMILES string of the molecule is O=C([C@@H](Cc1ccc(Cl)cc1)NC1OC1[C@H]1Cc2ccccc2CN1)N1CCC(Cn2cncn2)(C2CCCCC2)CC1. The number of nitrogens with one attached hydrogen (secondary N) is 2. The van der Waals surface area contributed by atoms with Crippen LogP contribution in [0.25, 0.3) is 0 Å². The Morgan fingerprint density at radius 2 is 1.84 bits per heavy atom. The van der Waals surface area contributed by atoms with Gasteiger partial charge in [0.25, 0.3) is 0 Å². The lowest BCUT2D eigenvalue weighted by atomic mass is 9.63. The van der Waals surface area contributed by atoms with Crippen molar-refractivity contribution in [2.24, 2.45) is 11.3 Å². The fourth-order valence-electron chi connectivity index (χ4n) is 7.99. The molecule has 8 nitrogen and oxygen atoms in total. The Morgan fingerprint density at radius 1 is 1.07 bits per heavy atom. The van der Waals surface area contributed by atoms with Crippen LogP contribution >= 0.6 is 11.6 Å². The average Bonchev–Trinajstić information content (AvgIpc) is 3.64. The maximum absolute atomic E-state index is 14.2. The van der Waals surface area contributed by atoms with Gasteiger partial charge in [0.05, 0.1) is 6.04 Å². The van der Waals surface area contributed by atoms with E-state index in [1.807, 2.05) is 35.3 Å². The first-order valence-electron chi connectivity index (χ1n) is 16.1. The van der Waals surface area contributed by atoms with Crippen LogP contribution in [-0.4, -0.2) is 63.1 Å². The summed E-state index contributed by atoms with van der Waals surface area (Å²) < 4.78 is 8.20. The van der Waals surface area contributed by atoms with E-state index in [0.29, 0.717) is 17.4 Å². The van der Waals surface area contributed by atoms with Crippen LogP contribution in [0.15, 0.2) is 61.2 Å². The molecule has 1 aromatic heterocycles. The molecule has 4 heterocycles. The number of carbonyl (C=O) groups is 1. The van der Waals surface area contributed by atoms with E-state index in [2.05, 4.69) is 49.9 Å². The molecule has 3 aliphatic heterocycles. The van der Waals surface area contributed by atoms with Gasteiger partial charge in [-0.2, -0.15) is 5.10 Å². The molecule has 2 unspecified atom stereocenters. The van der Waals surface area contributed by atoms with E-state index in [1.165, 1.54) is 43.2 Å². The third-order valence-corrected chi connectivity index (χ3v) is 10.8. The second-order valence-corrected chi connectivity index (χ2v) is 13.6. The summed E-state index contributed by atoms with van der Waals surface area (Å²) in [6.07, 6.45) is 13.5. The van der Waals surface area contributed by atoms with Crippen LogP contribution < -0.4 is 10.6 Å². The predicted molar refractivity (Wildman–Crippen MR) is 166 cm³/mol.